The lowest BCUT2D eigenvalue weighted by atomic mass is 9.99. The number of hydrogen-bond donors (Lipinski definition) is 2. The van der Waals surface area contributed by atoms with E-state index in [1.54, 1.807) is 41.9 Å². The number of nitrogen functional groups attached to an aromatic ring is 2. The molecule has 2 aromatic heterocycles. The summed E-state index contributed by atoms with van der Waals surface area (Å²) >= 11 is 1.53. The van der Waals surface area contributed by atoms with Gasteiger partial charge in [0.15, 0.2) is 17.3 Å². The van der Waals surface area contributed by atoms with Gasteiger partial charge in [0.2, 0.25) is 5.95 Å². The highest BCUT2D eigenvalue weighted by Gasteiger charge is 2.27. The maximum absolute atomic E-state index is 13.5. The number of ketones is 1. The van der Waals surface area contributed by atoms with Crippen molar-refractivity contribution in [3.05, 3.63) is 99.3 Å². The smallest absolute Gasteiger partial charge is 0.221 e. The van der Waals surface area contributed by atoms with Crippen molar-refractivity contribution in [1.82, 2.24) is 20.0 Å². The molecule has 0 fully saturated rings. The molecular weight excluding hydrogens is 502 g/mol. The van der Waals surface area contributed by atoms with Gasteiger partial charge in [0.25, 0.3) is 0 Å². The lowest BCUT2D eigenvalue weighted by molar-refractivity contribution is 0.104. The first-order chi connectivity index (χ1) is 18.5. The van der Waals surface area contributed by atoms with E-state index in [9.17, 15) is 4.79 Å². The molecule has 2 aromatic carbocycles. The van der Waals surface area contributed by atoms with E-state index in [4.69, 9.17) is 20.9 Å². The van der Waals surface area contributed by atoms with Crippen LogP contribution in [0.4, 0.5) is 11.8 Å². The highest BCUT2D eigenvalue weighted by molar-refractivity contribution is 7.09. The zero-order valence-electron chi connectivity index (χ0n) is 20.7. The molecule has 38 heavy (non-hydrogen) atoms. The number of fused-ring (bicyclic) bond motifs is 1. The van der Waals surface area contributed by atoms with E-state index < -0.39 is 0 Å². The average Bonchev–Trinajstić information content (AvgIpc) is 3.47. The summed E-state index contributed by atoms with van der Waals surface area (Å²) in [4.78, 5) is 26.1. The summed E-state index contributed by atoms with van der Waals surface area (Å²) in [6.45, 7) is 0. The van der Waals surface area contributed by atoms with Gasteiger partial charge in [-0.3, -0.25) is 9.80 Å². The number of thiazole rings is 1. The number of anilines is 2. The molecule has 192 valence electrons. The van der Waals surface area contributed by atoms with Crippen molar-refractivity contribution < 1.29 is 14.3 Å². The van der Waals surface area contributed by atoms with E-state index in [2.05, 4.69) is 20.1 Å². The minimum absolute atomic E-state index is 0.0959. The number of benzene rings is 2. The number of allylic oxidation sites excluding steroid dienone is 1. The molecule has 1 unspecified atom stereocenters. The molecule has 0 bridgehead atoms. The molecule has 0 radical (unpaired) electrons. The predicted octanol–water partition coefficient (Wildman–Crippen LogP) is 3.84. The predicted molar refractivity (Wildman–Crippen MR) is 147 cm³/mol. The Hall–Kier alpha value is -4.77. The van der Waals surface area contributed by atoms with Crippen LogP contribution in [0.3, 0.4) is 0 Å². The third-order valence-electron chi connectivity index (χ3n) is 6.06. The van der Waals surface area contributed by atoms with Gasteiger partial charge in [-0.15, -0.1) is 11.3 Å². The fourth-order valence-corrected chi connectivity index (χ4v) is 5.03. The maximum atomic E-state index is 13.5. The first-order valence-corrected chi connectivity index (χ1v) is 12.5. The number of nitrogens with two attached hydrogens (primary N) is 2. The Morgan fingerprint density at radius 2 is 2.00 bits per heavy atom. The van der Waals surface area contributed by atoms with Gasteiger partial charge in [-0.2, -0.15) is 10.1 Å². The monoisotopic (exact) mass is 527 g/mol. The molecule has 1 aliphatic heterocycles. The third kappa shape index (κ3) is 4.91. The van der Waals surface area contributed by atoms with Gasteiger partial charge in [-0.25, -0.2) is 9.97 Å². The fourth-order valence-electron chi connectivity index (χ4n) is 4.29. The molecule has 4 N–H and O–H groups in total. The number of hydrogen-bond acceptors (Lipinski definition) is 11. The Kier molecular flexibility index (Phi) is 7.00. The summed E-state index contributed by atoms with van der Waals surface area (Å²) < 4.78 is 11.1. The Morgan fingerprint density at radius 3 is 2.74 bits per heavy atom. The second-order valence-corrected chi connectivity index (χ2v) is 9.33. The highest BCUT2D eigenvalue weighted by Crippen LogP contribution is 2.36. The molecule has 0 spiro atoms. The number of methoxy groups -OCH3 is 2. The first-order valence-electron chi connectivity index (χ1n) is 11.6. The van der Waals surface area contributed by atoms with Gasteiger partial charge in [-0.05, 0) is 23.3 Å². The van der Waals surface area contributed by atoms with Gasteiger partial charge >= 0.3 is 0 Å². The molecule has 3 heterocycles. The Balaban J connectivity index is 1.48. The normalized spacial score (nSPS) is 14.5. The van der Waals surface area contributed by atoms with Crippen LogP contribution in [0.1, 0.15) is 43.7 Å². The Labute approximate surface area is 223 Å². The van der Waals surface area contributed by atoms with Crippen LogP contribution in [0.15, 0.2) is 71.5 Å². The van der Waals surface area contributed by atoms with E-state index >= 15 is 0 Å². The average molecular weight is 528 g/mol. The van der Waals surface area contributed by atoms with E-state index in [-0.39, 0.29) is 23.6 Å². The number of nitrogens with zero attached hydrogens (tertiary/aromatic N) is 5. The van der Waals surface area contributed by atoms with E-state index in [0.717, 1.165) is 21.7 Å². The lowest BCUT2D eigenvalue weighted by Gasteiger charge is -2.29. The number of carbonyl (C=O) groups is 1. The van der Waals surface area contributed by atoms with Crippen LogP contribution < -0.4 is 20.9 Å². The highest BCUT2D eigenvalue weighted by atomic mass is 32.1. The zero-order valence-corrected chi connectivity index (χ0v) is 21.6. The van der Waals surface area contributed by atoms with Gasteiger partial charge in [0.1, 0.15) is 16.9 Å². The number of carbonyl (C=O) groups excluding carboxylic acids is 1. The minimum atomic E-state index is -0.282. The summed E-state index contributed by atoms with van der Waals surface area (Å²) in [6, 6.07) is 11.3. The second kappa shape index (κ2) is 10.7. The molecule has 1 atom stereocenters. The number of ether oxygens (including phenoxy) is 2. The van der Waals surface area contributed by atoms with Gasteiger partial charge in [-0.1, -0.05) is 24.3 Å². The van der Waals surface area contributed by atoms with Crippen molar-refractivity contribution >= 4 is 35.1 Å². The Morgan fingerprint density at radius 1 is 1.16 bits per heavy atom. The van der Waals surface area contributed by atoms with Crippen molar-refractivity contribution in [3.8, 4) is 11.5 Å². The molecule has 4 aromatic rings. The molecule has 0 saturated heterocycles. The third-order valence-corrected chi connectivity index (χ3v) is 6.89. The number of hydrazone groups is 1. The summed E-state index contributed by atoms with van der Waals surface area (Å²) in [5.74, 6) is 0.837. The fraction of sp³-hybridized carbons (Fsp3) is 0.148. The van der Waals surface area contributed by atoms with Crippen LogP contribution >= 0.6 is 11.3 Å². The van der Waals surface area contributed by atoms with Crippen LogP contribution in [0.25, 0.3) is 0 Å². The molecule has 1 aliphatic rings. The van der Waals surface area contributed by atoms with Crippen molar-refractivity contribution in [2.24, 2.45) is 5.10 Å². The Bertz CT molecular complexity index is 1540. The number of rotatable bonds is 8. The standard InChI is InChI=1S/C27H25N7O3S/c1-36-22-13-16(11-18-14-31-27(29)33-25(18)28)12-20(24(22)37-2)21(35)7-9-34-23(26-30-8-10-38-26)19-6-4-3-5-17(19)15-32-34/h3-10,12-15,23H,11H2,1-2H3,(H4,28,29,31,33)/b9-7+. The molecule has 0 saturated carbocycles. The molecular formula is C27H25N7O3S. The molecule has 5 rings (SSSR count). The minimum Gasteiger partial charge on any atom is -0.493 e. The topological polar surface area (TPSA) is 142 Å². The van der Waals surface area contributed by atoms with Crippen molar-refractivity contribution in [2.75, 3.05) is 25.7 Å². The van der Waals surface area contributed by atoms with E-state index in [1.807, 2.05) is 29.6 Å². The summed E-state index contributed by atoms with van der Waals surface area (Å²) in [5.41, 5.74) is 15.5. The van der Waals surface area contributed by atoms with Crippen molar-refractivity contribution in [2.45, 2.75) is 12.5 Å². The number of aromatic nitrogens is 3. The van der Waals surface area contributed by atoms with Crippen LogP contribution in [0.2, 0.25) is 0 Å². The van der Waals surface area contributed by atoms with Gasteiger partial charge in [0, 0.05) is 47.6 Å². The molecule has 10 nitrogen and oxygen atoms in total. The second-order valence-electron chi connectivity index (χ2n) is 8.40. The molecule has 0 amide bonds. The largest absolute Gasteiger partial charge is 0.493 e. The van der Waals surface area contributed by atoms with Gasteiger partial charge in [0.05, 0.1) is 26.0 Å². The van der Waals surface area contributed by atoms with Crippen LogP contribution in [-0.4, -0.2) is 46.2 Å². The van der Waals surface area contributed by atoms with Crippen molar-refractivity contribution in [1.29, 1.82) is 0 Å². The SMILES string of the molecule is COc1cc(Cc2cnc(N)nc2N)cc(C(=O)/C=C/N2N=Cc3ccccc3C2c2nccs2)c1OC. The summed E-state index contributed by atoms with van der Waals surface area (Å²) in [5, 5.41) is 9.11. The van der Waals surface area contributed by atoms with Gasteiger partial charge < -0.3 is 20.9 Å². The first kappa shape index (κ1) is 24.9. The maximum Gasteiger partial charge on any atom is 0.221 e. The lowest BCUT2D eigenvalue weighted by Crippen LogP contribution is -2.24. The summed E-state index contributed by atoms with van der Waals surface area (Å²) in [7, 11) is 3.01. The van der Waals surface area contributed by atoms with E-state index in [1.165, 1.54) is 31.6 Å². The zero-order chi connectivity index (χ0) is 26.6. The molecule has 11 heteroatoms. The van der Waals surface area contributed by atoms with Crippen LogP contribution in [-0.2, 0) is 6.42 Å². The van der Waals surface area contributed by atoms with Crippen LogP contribution in [0, 0.1) is 0 Å². The molecule has 0 aliphatic carbocycles. The van der Waals surface area contributed by atoms with Crippen molar-refractivity contribution in [3.63, 3.8) is 0 Å². The van der Waals surface area contributed by atoms with E-state index in [0.29, 0.717) is 29.0 Å². The van der Waals surface area contributed by atoms with Crippen LogP contribution in [0.5, 0.6) is 11.5 Å². The summed E-state index contributed by atoms with van der Waals surface area (Å²) in [6.07, 6.45) is 8.60. The quantitative estimate of drug-likeness (QED) is 0.258.